The van der Waals surface area contributed by atoms with E-state index in [4.69, 9.17) is 5.73 Å². The van der Waals surface area contributed by atoms with Gasteiger partial charge in [-0.05, 0) is 12.3 Å². The standard InChI is InChI=1S/C6H10N2O.ClH/c7-6-1-4(6)3-8-5(9)2-6;/h4H,1-3,7H2,(H,8,9);1H/t4-,6-;/m0./s1. The van der Waals surface area contributed by atoms with Gasteiger partial charge in [0.1, 0.15) is 0 Å². The molecule has 1 aliphatic heterocycles. The number of carbonyl (C=O) groups excluding carboxylic acids is 1. The minimum atomic E-state index is -0.0949. The van der Waals surface area contributed by atoms with Crippen LogP contribution in [0.3, 0.4) is 0 Å². The monoisotopic (exact) mass is 162 g/mol. The fraction of sp³-hybridized carbons (Fsp3) is 0.833. The molecule has 0 aromatic heterocycles. The van der Waals surface area contributed by atoms with E-state index in [0.717, 1.165) is 13.0 Å². The van der Waals surface area contributed by atoms with Crippen LogP contribution in [0.1, 0.15) is 12.8 Å². The Morgan fingerprint density at radius 1 is 1.70 bits per heavy atom. The third-order valence-electron chi connectivity index (χ3n) is 2.31. The van der Waals surface area contributed by atoms with Crippen molar-refractivity contribution < 1.29 is 4.79 Å². The smallest absolute Gasteiger partial charge is 0.221 e. The van der Waals surface area contributed by atoms with Gasteiger partial charge < -0.3 is 11.1 Å². The predicted octanol–water partition coefficient (Wildman–Crippen LogP) is -0.355. The molecule has 10 heavy (non-hydrogen) atoms. The molecular weight excluding hydrogens is 152 g/mol. The molecule has 1 amide bonds. The molecule has 2 rings (SSSR count). The van der Waals surface area contributed by atoms with Crippen LogP contribution in [0.5, 0.6) is 0 Å². The average molecular weight is 163 g/mol. The highest BCUT2D eigenvalue weighted by Gasteiger charge is 2.54. The number of carbonyl (C=O) groups is 1. The Morgan fingerprint density at radius 3 is 2.90 bits per heavy atom. The van der Waals surface area contributed by atoms with E-state index >= 15 is 0 Å². The summed E-state index contributed by atoms with van der Waals surface area (Å²) < 4.78 is 0. The molecule has 0 unspecified atom stereocenters. The summed E-state index contributed by atoms with van der Waals surface area (Å²) in [6.07, 6.45) is 1.57. The molecule has 2 aliphatic rings. The zero-order valence-corrected chi connectivity index (χ0v) is 6.41. The summed E-state index contributed by atoms with van der Waals surface area (Å²) in [5.74, 6) is 0.696. The molecule has 0 radical (unpaired) electrons. The largest absolute Gasteiger partial charge is 0.356 e. The molecule has 1 saturated carbocycles. The Morgan fingerprint density at radius 2 is 2.40 bits per heavy atom. The summed E-state index contributed by atoms with van der Waals surface area (Å²) in [5, 5.41) is 2.78. The molecule has 1 aliphatic carbocycles. The number of halogens is 1. The number of amides is 1. The van der Waals surface area contributed by atoms with Gasteiger partial charge in [0, 0.05) is 18.5 Å². The number of piperidine rings is 1. The first-order valence-electron chi connectivity index (χ1n) is 3.26. The van der Waals surface area contributed by atoms with E-state index in [1.807, 2.05) is 0 Å². The second-order valence-corrected chi connectivity index (χ2v) is 3.12. The van der Waals surface area contributed by atoms with Crippen molar-refractivity contribution in [2.75, 3.05) is 6.54 Å². The van der Waals surface area contributed by atoms with Gasteiger partial charge in [-0.2, -0.15) is 0 Å². The van der Waals surface area contributed by atoms with Crippen LogP contribution in [0.15, 0.2) is 0 Å². The lowest BCUT2D eigenvalue weighted by Gasteiger charge is -2.16. The lowest BCUT2D eigenvalue weighted by atomic mass is 10.1. The number of rotatable bonds is 0. The second-order valence-electron chi connectivity index (χ2n) is 3.12. The Hall–Kier alpha value is -0.280. The fourth-order valence-electron chi connectivity index (χ4n) is 1.49. The minimum absolute atomic E-state index is 0. The van der Waals surface area contributed by atoms with Gasteiger partial charge in [0.15, 0.2) is 0 Å². The zero-order chi connectivity index (χ0) is 6.48. The maximum absolute atomic E-state index is 10.7. The molecule has 3 N–H and O–H groups in total. The fourth-order valence-corrected chi connectivity index (χ4v) is 1.49. The van der Waals surface area contributed by atoms with Crippen LogP contribution in [0.25, 0.3) is 0 Å². The van der Waals surface area contributed by atoms with Crippen LogP contribution in [0, 0.1) is 5.92 Å². The van der Waals surface area contributed by atoms with Crippen LogP contribution in [-0.4, -0.2) is 18.0 Å². The van der Waals surface area contributed by atoms with Crippen molar-refractivity contribution in [2.24, 2.45) is 11.7 Å². The summed E-state index contributed by atoms with van der Waals surface area (Å²) in [6, 6.07) is 0. The average Bonchev–Trinajstić information content (AvgIpc) is 2.38. The summed E-state index contributed by atoms with van der Waals surface area (Å²) in [7, 11) is 0. The number of hydrogen-bond acceptors (Lipinski definition) is 2. The zero-order valence-electron chi connectivity index (χ0n) is 5.59. The van der Waals surface area contributed by atoms with E-state index in [9.17, 15) is 4.79 Å². The first kappa shape index (κ1) is 7.82. The maximum atomic E-state index is 10.7. The van der Waals surface area contributed by atoms with Crippen molar-refractivity contribution in [3.05, 3.63) is 0 Å². The molecule has 58 valence electrons. The number of hydrogen-bond donors (Lipinski definition) is 2. The van der Waals surface area contributed by atoms with Crippen molar-refractivity contribution >= 4 is 18.3 Å². The van der Waals surface area contributed by atoms with E-state index in [1.54, 1.807) is 0 Å². The molecule has 0 bridgehead atoms. The Kier molecular flexibility index (Phi) is 1.65. The molecule has 2 atom stereocenters. The first-order valence-corrected chi connectivity index (χ1v) is 3.26. The maximum Gasteiger partial charge on any atom is 0.221 e. The third-order valence-corrected chi connectivity index (χ3v) is 2.31. The van der Waals surface area contributed by atoms with Gasteiger partial charge in [0.2, 0.25) is 5.91 Å². The van der Waals surface area contributed by atoms with Gasteiger partial charge in [-0.1, -0.05) is 0 Å². The Balaban J connectivity index is 0.000000500. The van der Waals surface area contributed by atoms with Crippen LogP contribution < -0.4 is 11.1 Å². The van der Waals surface area contributed by atoms with E-state index in [0.29, 0.717) is 12.3 Å². The molecule has 1 heterocycles. The highest BCUT2D eigenvalue weighted by molar-refractivity contribution is 5.85. The summed E-state index contributed by atoms with van der Waals surface area (Å²) in [6.45, 7) is 0.801. The number of fused-ring (bicyclic) bond motifs is 1. The van der Waals surface area contributed by atoms with Crippen molar-refractivity contribution in [1.82, 2.24) is 5.32 Å². The van der Waals surface area contributed by atoms with E-state index in [-0.39, 0.29) is 23.9 Å². The highest BCUT2D eigenvalue weighted by Crippen LogP contribution is 2.45. The van der Waals surface area contributed by atoms with Crippen LogP contribution in [0.4, 0.5) is 0 Å². The normalized spacial score (nSPS) is 42.9. The van der Waals surface area contributed by atoms with Gasteiger partial charge in [-0.3, -0.25) is 4.79 Å². The van der Waals surface area contributed by atoms with E-state index in [1.165, 1.54) is 0 Å². The van der Waals surface area contributed by atoms with Crippen molar-refractivity contribution in [2.45, 2.75) is 18.4 Å². The highest BCUT2D eigenvalue weighted by atomic mass is 35.5. The Bertz CT molecular complexity index is 173. The molecule has 1 saturated heterocycles. The predicted molar refractivity (Wildman–Crippen MR) is 39.9 cm³/mol. The van der Waals surface area contributed by atoms with Gasteiger partial charge in [0.25, 0.3) is 0 Å². The SMILES string of the molecule is Cl.N[C@@]12CC(=O)NC[C@@H]1C2. The molecule has 0 aromatic carbocycles. The van der Waals surface area contributed by atoms with Crippen molar-refractivity contribution in [3.63, 3.8) is 0 Å². The van der Waals surface area contributed by atoms with E-state index in [2.05, 4.69) is 5.32 Å². The van der Waals surface area contributed by atoms with Crippen LogP contribution >= 0.6 is 12.4 Å². The number of nitrogens with two attached hydrogens (primary N) is 1. The van der Waals surface area contributed by atoms with Crippen LogP contribution in [-0.2, 0) is 4.79 Å². The van der Waals surface area contributed by atoms with Crippen molar-refractivity contribution in [3.8, 4) is 0 Å². The third kappa shape index (κ3) is 0.995. The van der Waals surface area contributed by atoms with Gasteiger partial charge >= 0.3 is 0 Å². The lowest BCUT2D eigenvalue weighted by Crippen LogP contribution is -2.42. The molecule has 0 aromatic rings. The Labute approximate surface area is 65.8 Å². The van der Waals surface area contributed by atoms with Crippen LogP contribution in [0.2, 0.25) is 0 Å². The molecule has 3 nitrogen and oxygen atoms in total. The minimum Gasteiger partial charge on any atom is -0.356 e. The topological polar surface area (TPSA) is 55.1 Å². The van der Waals surface area contributed by atoms with Crippen molar-refractivity contribution in [1.29, 1.82) is 0 Å². The van der Waals surface area contributed by atoms with Gasteiger partial charge in [0.05, 0.1) is 0 Å². The summed E-state index contributed by atoms with van der Waals surface area (Å²) in [5.41, 5.74) is 5.69. The molecule has 0 spiro atoms. The lowest BCUT2D eigenvalue weighted by molar-refractivity contribution is -0.122. The molecule has 2 fully saturated rings. The second kappa shape index (κ2) is 2.10. The molecular formula is C6H11ClN2O. The molecule has 4 heteroatoms. The van der Waals surface area contributed by atoms with E-state index < -0.39 is 0 Å². The van der Waals surface area contributed by atoms with Gasteiger partial charge in [-0.15, -0.1) is 12.4 Å². The first-order chi connectivity index (χ1) is 4.21. The summed E-state index contributed by atoms with van der Waals surface area (Å²) >= 11 is 0. The van der Waals surface area contributed by atoms with Gasteiger partial charge in [-0.25, -0.2) is 0 Å². The summed E-state index contributed by atoms with van der Waals surface area (Å²) in [4.78, 5) is 10.7. The number of nitrogens with one attached hydrogen (secondary N) is 1. The quantitative estimate of drug-likeness (QED) is 0.512.